The van der Waals surface area contributed by atoms with Crippen molar-refractivity contribution < 1.29 is 0 Å². The minimum absolute atomic E-state index is 0.948. The van der Waals surface area contributed by atoms with E-state index in [0.717, 1.165) is 39.0 Å². The van der Waals surface area contributed by atoms with E-state index in [1.807, 2.05) is 0 Å². The second kappa shape index (κ2) is 26.8. The van der Waals surface area contributed by atoms with Crippen LogP contribution in [0.2, 0.25) is 0 Å². The van der Waals surface area contributed by atoms with Crippen molar-refractivity contribution in [1.29, 1.82) is 0 Å². The third kappa shape index (κ3) is 10.7. The number of fused-ring (bicyclic) bond motifs is 10. The van der Waals surface area contributed by atoms with Crippen LogP contribution in [0.5, 0.6) is 0 Å². The lowest BCUT2D eigenvalue weighted by Crippen LogP contribution is -2.08. The van der Waals surface area contributed by atoms with Crippen LogP contribution in [-0.4, -0.2) is 26.2 Å². The predicted octanol–water partition coefficient (Wildman–Crippen LogP) is 23.7. The zero-order chi connectivity index (χ0) is 58.3. The molecule has 2 aliphatic rings. The summed E-state index contributed by atoms with van der Waals surface area (Å²) in [4.78, 5) is 0. The molecule has 0 saturated carbocycles. The molecular formula is C82H94N4. The number of rotatable bonds is 33. The first-order chi connectivity index (χ1) is 42.7. The van der Waals surface area contributed by atoms with Gasteiger partial charge in [-0.3, -0.25) is 0 Å². The summed E-state index contributed by atoms with van der Waals surface area (Å²) in [5, 5.41) is 46.9. The van der Waals surface area contributed by atoms with Gasteiger partial charge in [-0.15, -0.1) is 0 Å². The Balaban J connectivity index is 1.07. The molecule has 0 amide bonds. The van der Waals surface area contributed by atoms with Crippen molar-refractivity contribution in [3.63, 3.8) is 0 Å². The Labute approximate surface area is 510 Å². The maximum atomic E-state index is 4.29. The summed E-state index contributed by atoms with van der Waals surface area (Å²) in [6.45, 7) is 13.1. The van der Waals surface area contributed by atoms with E-state index in [-0.39, 0.29) is 0 Å². The van der Waals surface area contributed by atoms with Gasteiger partial charge in [0.05, 0.1) is 17.1 Å². The topological polar surface area (TPSA) is 48.1 Å². The fourth-order valence-electron chi connectivity index (χ4n) is 15.7. The maximum absolute atomic E-state index is 4.29. The highest BCUT2D eigenvalue weighted by molar-refractivity contribution is 6.34. The average molecular weight is 1140 g/mol. The van der Waals surface area contributed by atoms with Gasteiger partial charge in [0.25, 0.3) is 0 Å². The summed E-state index contributed by atoms with van der Waals surface area (Å²) in [6.07, 6.45) is 30.6. The number of hydrogen-bond donors (Lipinski definition) is 4. The Morgan fingerprint density at radius 2 is 0.558 bits per heavy atom. The second-order valence-electron chi connectivity index (χ2n) is 25.7. The normalized spacial score (nSPS) is 12.3. The van der Waals surface area contributed by atoms with E-state index in [1.54, 1.807) is 0 Å². The van der Waals surface area contributed by atoms with Gasteiger partial charge < -0.3 is 21.3 Å². The van der Waals surface area contributed by atoms with E-state index in [2.05, 4.69) is 182 Å². The molecule has 13 rings (SSSR count). The number of unbranched alkanes of at least 4 members (excludes halogenated alkanes) is 20. The standard InChI is InChI=1S/C82H94N4/c1-5-9-13-17-21-32-50-83-69-54-68(55-36-26-25-27-37-55)80(84-51-33-22-18-14-10-6-2)77-65-47-43-61-63-45-49-67-73-66(48-44-62(71(63)73)60-42-46-64(74(69)77)72(65)70(60)61)78-79(67)82(86-53-35-24-20-16-12-8-4)76-59-41-31-29-39-57(59)56-38-28-30-40-58(56)75(76)81(78)85-52-34-23-19-15-11-7-3/h25-31,36-49,54,83-86H,5-24,32-35,50-53H2,1-4H3. The molecule has 4 nitrogen and oxygen atoms in total. The highest BCUT2D eigenvalue weighted by Crippen LogP contribution is 2.49. The summed E-state index contributed by atoms with van der Waals surface area (Å²) in [5.74, 6) is 0. The summed E-state index contributed by atoms with van der Waals surface area (Å²) < 4.78 is 0. The zero-order valence-electron chi connectivity index (χ0n) is 52.5. The van der Waals surface area contributed by atoms with E-state index in [0.29, 0.717) is 0 Å². The Bertz CT molecular complexity index is 4490. The maximum Gasteiger partial charge on any atom is 0.0514 e. The third-order valence-electron chi connectivity index (χ3n) is 19.9. The van der Waals surface area contributed by atoms with Gasteiger partial charge in [-0.2, -0.15) is 0 Å². The van der Waals surface area contributed by atoms with Gasteiger partial charge in [0.15, 0.2) is 0 Å². The van der Waals surface area contributed by atoms with Crippen LogP contribution >= 0.6 is 0 Å². The highest BCUT2D eigenvalue weighted by atomic mass is 14.9. The summed E-state index contributed by atoms with van der Waals surface area (Å²) in [7, 11) is 0. The molecule has 0 heterocycles. The van der Waals surface area contributed by atoms with Crippen LogP contribution in [-0.2, 0) is 0 Å². The molecule has 0 bridgehead atoms. The van der Waals surface area contributed by atoms with Crippen molar-refractivity contribution in [2.24, 2.45) is 0 Å². The number of nitrogens with one attached hydrogen (secondary N) is 4. The molecule has 0 aliphatic heterocycles. The lowest BCUT2D eigenvalue weighted by Gasteiger charge is -2.21. The van der Waals surface area contributed by atoms with Crippen LogP contribution in [0.25, 0.3) is 86.5 Å². The lowest BCUT2D eigenvalue weighted by atomic mass is 9.88. The minimum atomic E-state index is 0.948. The van der Waals surface area contributed by atoms with Crippen LogP contribution in [0.15, 0.2) is 133 Å². The summed E-state index contributed by atoms with van der Waals surface area (Å²) in [6, 6.07) is 52.4. The lowest BCUT2D eigenvalue weighted by molar-refractivity contribution is 0.617. The van der Waals surface area contributed by atoms with Gasteiger partial charge in [0.2, 0.25) is 0 Å². The SMILES string of the molecule is CCCCCCCCNc1cc(-c2ccccc2)c(NCCCCCCCC)c2c1=c1ccc3c4ccc5c6c(ccc(c7ccc=2c1c37)c64)=c1c(NCCCCCCCC)c2c3ccccc3c3ccccc3c2c(NCCCCCCCC)c1=5. The van der Waals surface area contributed by atoms with Crippen molar-refractivity contribution in [1.82, 2.24) is 0 Å². The quantitative estimate of drug-likeness (QED) is 0.0143. The molecule has 0 spiro atoms. The molecule has 0 fully saturated rings. The number of benzene rings is 11. The fourth-order valence-corrected chi connectivity index (χ4v) is 15.7. The molecule has 0 aromatic heterocycles. The molecule has 0 unspecified atom stereocenters. The van der Waals surface area contributed by atoms with Crippen LogP contribution in [0.4, 0.5) is 22.7 Å². The molecule has 0 saturated heterocycles. The Hall–Kier alpha value is -7.30. The molecule has 2 aliphatic carbocycles. The van der Waals surface area contributed by atoms with E-state index >= 15 is 0 Å². The van der Waals surface area contributed by atoms with Gasteiger partial charge in [-0.25, -0.2) is 0 Å². The molecule has 11 aromatic carbocycles. The summed E-state index contributed by atoms with van der Waals surface area (Å²) in [5.41, 5.74) is 7.71. The van der Waals surface area contributed by atoms with Gasteiger partial charge >= 0.3 is 0 Å². The van der Waals surface area contributed by atoms with Crippen molar-refractivity contribution >= 4 is 98.2 Å². The van der Waals surface area contributed by atoms with Gasteiger partial charge in [-0.05, 0) is 123 Å². The second-order valence-corrected chi connectivity index (χ2v) is 25.7. The van der Waals surface area contributed by atoms with Gasteiger partial charge in [0, 0.05) is 69.1 Å². The highest BCUT2D eigenvalue weighted by Gasteiger charge is 2.26. The number of hydrogen-bond acceptors (Lipinski definition) is 4. The first-order valence-corrected chi connectivity index (χ1v) is 34.5. The number of anilines is 4. The molecular weight excluding hydrogens is 1040 g/mol. The third-order valence-corrected chi connectivity index (χ3v) is 19.9. The zero-order valence-corrected chi connectivity index (χ0v) is 52.5. The first-order valence-electron chi connectivity index (χ1n) is 34.5. The largest absolute Gasteiger partial charge is 0.385 e. The first kappa shape index (κ1) is 57.8. The molecule has 86 heavy (non-hydrogen) atoms. The minimum Gasteiger partial charge on any atom is -0.385 e. The van der Waals surface area contributed by atoms with E-state index in [1.165, 1.54) is 292 Å². The Morgan fingerprint density at radius 3 is 0.965 bits per heavy atom. The average Bonchev–Trinajstić information content (AvgIpc) is 1.49. The smallest absolute Gasteiger partial charge is 0.0514 e. The van der Waals surface area contributed by atoms with Crippen LogP contribution in [0.1, 0.15) is 182 Å². The molecule has 0 atom stereocenters. The predicted molar refractivity (Wildman–Crippen MR) is 377 cm³/mol. The van der Waals surface area contributed by atoms with E-state index in [9.17, 15) is 0 Å². The van der Waals surface area contributed by atoms with Crippen molar-refractivity contribution in [2.45, 2.75) is 182 Å². The molecule has 442 valence electrons. The monoisotopic (exact) mass is 1130 g/mol. The van der Waals surface area contributed by atoms with Gasteiger partial charge in [0.1, 0.15) is 0 Å². The van der Waals surface area contributed by atoms with Crippen LogP contribution < -0.4 is 21.3 Å². The van der Waals surface area contributed by atoms with Crippen LogP contribution in [0, 0.1) is 41.7 Å². The molecule has 4 heteroatoms. The van der Waals surface area contributed by atoms with Crippen LogP contribution in [0.3, 0.4) is 0 Å². The molecule has 4 N–H and O–H groups in total. The van der Waals surface area contributed by atoms with E-state index in [4.69, 9.17) is 0 Å². The van der Waals surface area contributed by atoms with Crippen molar-refractivity contribution in [3.05, 3.63) is 175 Å². The Morgan fingerprint density at radius 1 is 0.244 bits per heavy atom. The van der Waals surface area contributed by atoms with Gasteiger partial charge in [-0.1, -0.05) is 284 Å². The fraction of sp³-hybridized carbons (Fsp3) is 0.390. The van der Waals surface area contributed by atoms with Crippen molar-refractivity contribution in [3.8, 4) is 11.1 Å². The van der Waals surface area contributed by atoms with E-state index < -0.39 is 0 Å². The summed E-state index contributed by atoms with van der Waals surface area (Å²) >= 11 is 0. The van der Waals surface area contributed by atoms with Crippen molar-refractivity contribution in [2.75, 3.05) is 47.4 Å². The molecule has 0 radical (unpaired) electrons. The Kier molecular flexibility index (Phi) is 18.0. The molecule has 11 aromatic rings.